The van der Waals surface area contributed by atoms with Crippen LogP contribution in [0.3, 0.4) is 0 Å². The second-order valence-electron chi connectivity index (χ2n) is 6.60. The topological polar surface area (TPSA) is 95.3 Å². The summed E-state index contributed by atoms with van der Waals surface area (Å²) >= 11 is 3.16. The van der Waals surface area contributed by atoms with Gasteiger partial charge in [0.1, 0.15) is 34.4 Å². The van der Waals surface area contributed by atoms with E-state index in [0.29, 0.717) is 18.7 Å². The second-order valence-corrected chi connectivity index (χ2v) is 7.39. The summed E-state index contributed by atoms with van der Waals surface area (Å²) in [5.41, 5.74) is -0.0660. The number of aromatic nitrogens is 3. The highest BCUT2D eigenvalue weighted by Gasteiger charge is 2.17. The van der Waals surface area contributed by atoms with E-state index in [-0.39, 0.29) is 40.1 Å². The molecule has 11 heteroatoms. The summed E-state index contributed by atoms with van der Waals surface area (Å²) in [4.78, 5) is 33.4. The largest absolute Gasteiger partial charge is 0.472 e. The van der Waals surface area contributed by atoms with Crippen molar-refractivity contribution in [1.82, 2.24) is 19.9 Å². The first-order chi connectivity index (χ1) is 15.3. The highest BCUT2D eigenvalue weighted by atomic mass is 79.9. The lowest BCUT2D eigenvalue weighted by atomic mass is 10.2. The van der Waals surface area contributed by atoms with Gasteiger partial charge in [0.05, 0.1) is 12.2 Å². The van der Waals surface area contributed by atoms with Crippen molar-refractivity contribution in [2.45, 2.75) is 13.5 Å². The van der Waals surface area contributed by atoms with Gasteiger partial charge in [0.25, 0.3) is 11.5 Å². The molecule has 2 heterocycles. The Hall–Kier alpha value is -3.18. The molecule has 8 nitrogen and oxygen atoms in total. The molecule has 0 spiro atoms. The van der Waals surface area contributed by atoms with E-state index in [0.717, 1.165) is 12.1 Å². The van der Waals surface area contributed by atoms with E-state index in [1.54, 1.807) is 6.92 Å². The van der Waals surface area contributed by atoms with E-state index in [2.05, 4.69) is 31.2 Å². The number of carbonyl (C=O) groups is 1. The van der Waals surface area contributed by atoms with Crippen LogP contribution in [0.2, 0.25) is 0 Å². The Labute approximate surface area is 190 Å². The molecule has 0 aliphatic rings. The van der Waals surface area contributed by atoms with Gasteiger partial charge in [0.15, 0.2) is 0 Å². The number of nitrogens with zero attached hydrogens (tertiary/aromatic N) is 3. The third kappa shape index (κ3) is 5.35. The van der Waals surface area contributed by atoms with Crippen LogP contribution in [0, 0.1) is 18.6 Å². The van der Waals surface area contributed by atoms with Crippen molar-refractivity contribution in [3.8, 4) is 11.7 Å². The number of ether oxygens (including phenoxy) is 2. The normalized spacial score (nSPS) is 10.8. The van der Waals surface area contributed by atoms with Crippen LogP contribution in [0.15, 0.2) is 45.8 Å². The van der Waals surface area contributed by atoms with Crippen molar-refractivity contribution < 1.29 is 23.0 Å². The molecule has 1 amide bonds. The van der Waals surface area contributed by atoms with E-state index >= 15 is 0 Å². The summed E-state index contributed by atoms with van der Waals surface area (Å²) in [6.07, 6.45) is 1.35. The molecule has 3 rings (SSSR count). The summed E-state index contributed by atoms with van der Waals surface area (Å²) in [6, 6.07) is 6.16. The monoisotopic (exact) mass is 508 g/mol. The van der Waals surface area contributed by atoms with Crippen molar-refractivity contribution >= 4 is 21.8 Å². The van der Waals surface area contributed by atoms with Gasteiger partial charge in [-0.05, 0) is 47.1 Å². The van der Waals surface area contributed by atoms with Crippen LogP contribution in [-0.4, -0.2) is 40.7 Å². The first kappa shape index (κ1) is 23.5. The van der Waals surface area contributed by atoms with Crippen molar-refractivity contribution in [3.63, 3.8) is 0 Å². The summed E-state index contributed by atoms with van der Waals surface area (Å²) < 4.78 is 38.5. The van der Waals surface area contributed by atoms with E-state index in [1.807, 2.05) is 0 Å². The molecule has 32 heavy (non-hydrogen) atoms. The van der Waals surface area contributed by atoms with Crippen molar-refractivity contribution in [3.05, 3.63) is 79.9 Å². The molecular weight excluding hydrogens is 490 g/mol. The molecule has 1 N–H and O–H groups in total. The fourth-order valence-corrected chi connectivity index (χ4v) is 3.13. The number of hydrogen-bond acceptors (Lipinski definition) is 6. The van der Waals surface area contributed by atoms with E-state index in [9.17, 15) is 18.4 Å². The van der Waals surface area contributed by atoms with Gasteiger partial charge >= 0.3 is 0 Å². The molecule has 2 aromatic heterocycles. The molecule has 168 valence electrons. The first-order valence-electron chi connectivity index (χ1n) is 9.41. The Morgan fingerprint density at radius 1 is 1.25 bits per heavy atom. The van der Waals surface area contributed by atoms with Gasteiger partial charge in [-0.3, -0.25) is 9.59 Å². The number of carbonyl (C=O) groups excluding carboxylic acids is 1. The van der Waals surface area contributed by atoms with Crippen LogP contribution >= 0.6 is 15.9 Å². The quantitative estimate of drug-likeness (QED) is 0.470. The van der Waals surface area contributed by atoms with Gasteiger partial charge in [-0.15, -0.1) is 0 Å². The van der Waals surface area contributed by atoms with Gasteiger partial charge in [-0.2, -0.15) is 4.98 Å². The minimum Gasteiger partial charge on any atom is -0.472 e. The molecule has 0 atom stereocenters. The van der Waals surface area contributed by atoms with Crippen molar-refractivity contribution in [2.75, 3.05) is 20.3 Å². The third-order valence-corrected chi connectivity index (χ3v) is 5.05. The highest BCUT2D eigenvalue weighted by molar-refractivity contribution is 9.10. The van der Waals surface area contributed by atoms with E-state index in [1.165, 1.54) is 36.1 Å². The fourth-order valence-electron chi connectivity index (χ4n) is 2.75. The summed E-state index contributed by atoms with van der Waals surface area (Å²) in [5, 5.41) is 2.68. The molecule has 0 aliphatic heterocycles. The predicted molar refractivity (Wildman–Crippen MR) is 115 cm³/mol. The number of rotatable bonds is 8. The summed E-state index contributed by atoms with van der Waals surface area (Å²) in [5.74, 6) is -1.30. The first-order valence-corrected chi connectivity index (χ1v) is 10.2. The summed E-state index contributed by atoms with van der Waals surface area (Å²) in [7, 11) is 1.53. The molecule has 3 aromatic rings. The van der Waals surface area contributed by atoms with Gasteiger partial charge < -0.3 is 14.8 Å². The molecule has 0 aliphatic carbocycles. The number of amides is 1. The zero-order valence-electron chi connectivity index (χ0n) is 17.2. The van der Waals surface area contributed by atoms with E-state index < -0.39 is 17.2 Å². The molecule has 0 fully saturated rings. The van der Waals surface area contributed by atoms with Crippen LogP contribution in [0.25, 0.3) is 5.82 Å². The van der Waals surface area contributed by atoms with Crippen LogP contribution in [-0.2, 0) is 11.3 Å². The van der Waals surface area contributed by atoms with E-state index in [4.69, 9.17) is 9.47 Å². The van der Waals surface area contributed by atoms with Gasteiger partial charge in [0, 0.05) is 31.5 Å². The summed E-state index contributed by atoms with van der Waals surface area (Å²) in [6.45, 7) is 2.07. The number of nitrogens with one attached hydrogen (secondary N) is 1. The predicted octanol–water partition coefficient (Wildman–Crippen LogP) is 2.93. The molecule has 1 aromatic carbocycles. The lowest BCUT2D eigenvalue weighted by Gasteiger charge is -2.13. The Balaban J connectivity index is 1.81. The average molecular weight is 509 g/mol. The average Bonchev–Trinajstić information content (AvgIpc) is 2.77. The maximum absolute atomic E-state index is 13.8. The van der Waals surface area contributed by atoms with Crippen molar-refractivity contribution in [1.29, 1.82) is 0 Å². The van der Waals surface area contributed by atoms with Gasteiger partial charge in [-0.25, -0.2) is 18.3 Å². The second kappa shape index (κ2) is 10.4. The van der Waals surface area contributed by atoms with Crippen molar-refractivity contribution in [2.24, 2.45) is 0 Å². The van der Waals surface area contributed by atoms with Crippen LogP contribution in [0.4, 0.5) is 8.78 Å². The van der Waals surface area contributed by atoms with Gasteiger partial charge in [-0.1, -0.05) is 0 Å². The van der Waals surface area contributed by atoms with Crippen LogP contribution in [0.5, 0.6) is 5.88 Å². The van der Waals surface area contributed by atoms with Crippen LogP contribution < -0.4 is 15.6 Å². The molecule has 0 saturated carbocycles. The SMILES string of the molecule is COCCNC(=O)c1ccc(-n2c(C)nc(OCc3ccc(F)cc3F)c(Br)c2=O)nc1. The number of pyridine rings is 1. The Morgan fingerprint density at radius 3 is 2.69 bits per heavy atom. The molecule has 0 saturated heterocycles. The fraction of sp³-hybridized carbons (Fsp3) is 0.238. The third-order valence-electron chi connectivity index (χ3n) is 4.38. The molecule has 0 unspecified atom stereocenters. The maximum Gasteiger partial charge on any atom is 0.277 e. The highest BCUT2D eigenvalue weighted by Crippen LogP contribution is 2.22. The Kier molecular flexibility index (Phi) is 7.65. The Morgan fingerprint density at radius 2 is 2.03 bits per heavy atom. The zero-order chi connectivity index (χ0) is 23.3. The number of aryl methyl sites for hydroxylation is 1. The minimum atomic E-state index is -0.762. The lowest BCUT2D eigenvalue weighted by Crippen LogP contribution is -2.27. The number of benzene rings is 1. The zero-order valence-corrected chi connectivity index (χ0v) is 18.8. The number of methoxy groups -OCH3 is 1. The number of halogens is 3. The standard InChI is InChI=1S/C21H19BrF2N4O4/c1-12-27-20(32-11-14-3-5-15(23)9-16(14)24)18(22)21(30)28(12)17-6-4-13(10-26-17)19(29)25-7-8-31-2/h3-6,9-10H,7-8,11H2,1-2H3,(H,25,29). The Bertz CT molecular complexity index is 1190. The van der Waals surface area contributed by atoms with Crippen LogP contribution in [0.1, 0.15) is 21.7 Å². The molecular formula is C21H19BrF2N4O4. The maximum atomic E-state index is 13.8. The molecule has 0 radical (unpaired) electrons. The minimum absolute atomic E-state index is 0.00815. The lowest BCUT2D eigenvalue weighted by molar-refractivity contribution is 0.0936. The number of hydrogen-bond donors (Lipinski definition) is 1. The smallest absolute Gasteiger partial charge is 0.277 e. The molecule has 0 bridgehead atoms. The van der Waals surface area contributed by atoms with Gasteiger partial charge in [0.2, 0.25) is 5.88 Å².